The van der Waals surface area contributed by atoms with Crippen LogP contribution >= 0.6 is 11.6 Å². The van der Waals surface area contributed by atoms with Gasteiger partial charge in [-0.25, -0.2) is 15.0 Å². The van der Waals surface area contributed by atoms with Crippen molar-refractivity contribution in [1.82, 2.24) is 19.9 Å². The summed E-state index contributed by atoms with van der Waals surface area (Å²) < 4.78 is 0. The van der Waals surface area contributed by atoms with Gasteiger partial charge in [-0.1, -0.05) is 17.7 Å². The highest BCUT2D eigenvalue weighted by molar-refractivity contribution is 6.29. The average Bonchev–Trinajstić information content (AvgIpc) is 2.28. The summed E-state index contributed by atoms with van der Waals surface area (Å²) in [5, 5.41) is 3.52. The number of nitrogens with zero attached hydrogens (tertiary/aromatic N) is 4. The third-order valence-electron chi connectivity index (χ3n) is 1.93. The van der Waals surface area contributed by atoms with Gasteiger partial charge in [-0.2, -0.15) is 4.98 Å². The van der Waals surface area contributed by atoms with E-state index in [1.807, 2.05) is 19.9 Å². The van der Waals surface area contributed by atoms with Crippen LogP contribution in [0.25, 0.3) is 11.5 Å². The highest BCUT2D eigenvalue weighted by Crippen LogP contribution is 2.15. The summed E-state index contributed by atoms with van der Waals surface area (Å²) >= 11 is 5.82. The summed E-state index contributed by atoms with van der Waals surface area (Å²) in [5.41, 5.74) is 0.631. The Morgan fingerprint density at radius 2 is 2.00 bits per heavy atom. The van der Waals surface area contributed by atoms with Gasteiger partial charge in [0.2, 0.25) is 5.95 Å². The third-order valence-corrected chi connectivity index (χ3v) is 2.14. The van der Waals surface area contributed by atoms with Gasteiger partial charge in [-0.05, 0) is 26.0 Å². The highest BCUT2D eigenvalue weighted by atomic mass is 35.5. The van der Waals surface area contributed by atoms with Crippen molar-refractivity contribution in [2.75, 3.05) is 5.32 Å². The monoisotopic (exact) mass is 249 g/mol. The molecule has 0 atom stereocenters. The minimum absolute atomic E-state index is 0.262. The SMILES string of the molecule is CC(C)Nc1ncnc(-c2cccc(Cl)n2)n1. The molecule has 2 aromatic rings. The molecule has 0 saturated heterocycles. The van der Waals surface area contributed by atoms with Crippen molar-refractivity contribution < 1.29 is 0 Å². The first kappa shape index (κ1) is 11.7. The van der Waals surface area contributed by atoms with E-state index in [4.69, 9.17) is 11.6 Å². The largest absolute Gasteiger partial charge is 0.352 e. The smallest absolute Gasteiger partial charge is 0.226 e. The summed E-state index contributed by atoms with van der Waals surface area (Å²) in [5.74, 6) is 1.04. The quantitative estimate of drug-likeness (QED) is 0.847. The van der Waals surface area contributed by atoms with Crippen LogP contribution in [0.2, 0.25) is 5.15 Å². The molecule has 0 aliphatic carbocycles. The fraction of sp³-hybridized carbons (Fsp3) is 0.273. The van der Waals surface area contributed by atoms with Crippen LogP contribution < -0.4 is 5.32 Å². The minimum Gasteiger partial charge on any atom is -0.352 e. The normalized spacial score (nSPS) is 10.6. The molecule has 5 nitrogen and oxygen atoms in total. The van der Waals surface area contributed by atoms with E-state index >= 15 is 0 Å². The van der Waals surface area contributed by atoms with Gasteiger partial charge in [0, 0.05) is 6.04 Å². The van der Waals surface area contributed by atoms with E-state index in [9.17, 15) is 0 Å². The number of halogens is 1. The van der Waals surface area contributed by atoms with Crippen molar-refractivity contribution in [2.24, 2.45) is 0 Å². The van der Waals surface area contributed by atoms with Crippen molar-refractivity contribution in [3.05, 3.63) is 29.7 Å². The second-order valence-electron chi connectivity index (χ2n) is 3.78. The second kappa shape index (κ2) is 5.05. The standard InChI is InChI=1S/C11H12ClN5/c1-7(2)15-11-14-6-13-10(17-11)8-4-3-5-9(12)16-8/h3-7H,1-2H3,(H,13,14,15,17). The molecule has 0 unspecified atom stereocenters. The van der Waals surface area contributed by atoms with Crippen LogP contribution in [-0.4, -0.2) is 26.0 Å². The molecule has 1 N–H and O–H groups in total. The Bertz CT molecular complexity index is 515. The number of hydrogen-bond acceptors (Lipinski definition) is 5. The molecule has 0 amide bonds. The first-order valence-corrected chi connectivity index (χ1v) is 5.61. The van der Waals surface area contributed by atoms with Gasteiger partial charge in [0.15, 0.2) is 5.82 Å². The summed E-state index contributed by atoms with van der Waals surface area (Å²) in [6.45, 7) is 4.03. The number of pyridine rings is 1. The Balaban J connectivity index is 2.33. The number of rotatable bonds is 3. The van der Waals surface area contributed by atoms with Gasteiger partial charge in [-0.3, -0.25) is 0 Å². The fourth-order valence-corrected chi connectivity index (χ4v) is 1.44. The molecule has 0 aromatic carbocycles. The summed E-state index contributed by atoms with van der Waals surface area (Å²) in [4.78, 5) is 16.5. The molecule has 0 fully saturated rings. The Labute approximate surface area is 104 Å². The molecule has 2 aromatic heterocycles. The number of aromatic nitrogens is 4. The Hall–Kier alpha value is -1.75. The first-order chi connectivity index (χ1) is 8.15. The molecule has 2 heterocycles. The van der Waals surface area contributed by atoms with Gasteiger partial charge in [-0.15, -0.1) is 0 Å². The predicted octanol–water partition coefficient (Wildman–Crippen LogP) is 2.41. The van der Waals surface area contributed by atoms with Gasteiger partial charge < -0.3 is 5.32 Å². The lowest BCUT2D eigenvalue weighted by Crippen LogP contribution is -2.13. The van der Waals surface area contributed by atoms with Gasteiger partial charge in [0.1, 0.15) is 17.2 Å². The lowest BCUT2D eigenvalue weighted by molar-refractivity contribution is 0.867. The van der Waals surface area contributed by atoms with E-state index in [1.54, 1.807) is 12.1 Å². The van der Waals surface area contributed by atoms with Crippen LogP contribution in [0.4, 0.5) is 5.95 Å². The molecule has 0 aliphatic heterocycles. The summed E-state index contributed by atoms with van der Waals surface area (Å²) in [6.07, 6.45) is 1.45. The molecule has 0 bridgehead atoms. The van der Waals surface area contributed by atoms with Crippen LogP contribution in [0, 0.1) is 0 Å². The van der Waals surface area contributed by atoms with Gasteiger partial charge >= 0.3 is 0 Å². The van der Waals surface area contributed by atoms with Crippen LogP contribution in [0.5, 0.6) is 0 Å². The van der Waals surface area contributed by atoms with Crippen LogP contribution in [-0.2, 0) is 0 Å². The molecule has 0 saturated carbocycles. The van der Waals surface area contributed by atoms with E-state index in [1.165, 1.54) is 6.33 Å². The maximum Gasteiger partial charge on any atom is 0.226 e. The molecule has 6 heteroatoms. The average molecular weight is 250 g/mol. The van der Waals surface area contributed by atoms with Gasteiger partial charge in [0.05, 0.1) is 0 Å². The lowest BCUT2D eigenvalue weighted by atomic mass is 10.3. The van der Waals surface area contributed by atoms with E-state index in [-0.39, 0.29) is 6.04 Å². The number of anilines is 1. The Morgan fingerprint density at radius 1 is 1.18 bits per heavy atom. The molecule has 17 heavy (non-hydrogen) atoms. The molecule has 0 spiro atoms. The second-order valence-corrected chi connectivity index (χ2v) is 4.16. The van der Waals surface area contributed by atoms with Crippen LogP contribution in [0.1, 0.15) is 13.8 Å². The number of nitrogens with one attached hydrogen (secondary N) is 1. The topological polar surface area (TPSA) is 63.6 Å². The fourth-order valence-electron chi connectivity index (χ4n) is 1.28. The van der Waals surface area contributed by atoms with E-state index in [2.05, 4.69) is 25.3 Å². The van der Waals surface area contributed by atoms with E-state index in [0.29, 0.717) is 22.6 Å². The maximum atomic E-state index is 5.82. The molecule has 0 radical (unpaired) electrons. The van der Waals surface area contributed by atoms with Crippen molar-refractivity contribution >= 4 is 17.5 Å². The molecule has 88 valence electrons. The summed E-state index contributed by atoms with van der Waals surface area (Å²) in [6, 6.07) is 5.58. The van der Waals surface area contributed by atoms with E-state index in [0.717, 1.165) is 0 Å². The molecular formula is C11H12ClN5. The zero-order valence-corrected chi connectivity index (χ0v) is 10.3. The highest BCUT2D eigenvalue weighted by Gasteiger charge is 2.06. The first-order valence-electron chi connectivity index (χ1n) is 5.23. The molecular weight excluding hydrogens is 238 g/mol. The summed E-state index contributed by atoms with van der Waals surface area (Å²) in [7, 11) is 0. The Morgan fingerprint density at radius 3 is 2.71 bits per heavy atom. The molecule has 0 aliphatic rings. The van der Waals surface area contributed by atoms with Crippen molar-refractivity contribution in [1.29, 1.82) is 0 Å². The number of hydrogen-bond donors (Lipinski definition) is 1. The van der Waals surface area contributed by atoms with Gasteiger partial charge in [0.25, 0.3) is 0 Å². The zero-order chi connectivity index (χ0) is 12.3. The van der Waals surface area contributed by atoms with Crippen molar-refractivity contribution in [3.63, 3.8) is 0 Å². The van der Waals surface area contributed by atoms with E-state index < -0.39 is 0 Å². The maximum absolute atomic E-state index is 5.82. The predicted molar refractivity (Wildman–Crippen MR) is 66.8 cm³/mol. The van der Waals surface area contributed by atoms with Crippen molar-refractivity contribution in [2.45, 2.75) is 19.9 Å². The van der Waals surface area contributed by atoms with Crippen LogP contribution in [0.15, 0.2) is 24.5 Å². The molecule has 2 rings (SSSR count). The third kappa shape index (κ3) is 3.10. The van der Waals surface area contributed by atoms with Crippen LogP contribution in [0.3, 0.4) is 0 Å². The zero-order valence-electron chi connectivity index (χ0n) is 9.55. The van der Waals surface area contributed by atoms with Crippen molar-refractivity contribution in [3.8, 4) is 11.5 Å². The Kier molecular flexibility index (Phi) is 3.49. The minimum atomic E-state index is 0.262. The lowest BCUT2D eigenvalue weighted by Gasteiger charge is -2.08.